The average molecular weight is 193 g/mol. The molecule has 0 fully saturated rings. The third-order valence-electron chi connectivity index (χ3n) is 1.92. The van der Waals surface area contributed by atoms with Crippen molar-refractivity contribution in [3.63, 3.8) is 0 Å². The van der Waals surface area contributed by atoms with Crippen molar-refractivity contribution in [2.24, 2.45) is 5.73 Å². The third-order valence-corrected chi connectivity index (χ3v) is 1.92. The van der Waals surface area contributed by atoms with Crippen LogP contribution in [-0.2, 0) is 16.0 Å². The van der Waals surface area contributed by atoms with E-state index in [0.717, 1.165) is 11.8 Å². The molecule has 0 aliphatic carbocycles. The molecule has 0 heterocycles. The Kier molecular flexibility index (Phi) is 3.36. The molecule has 0 saturated heterocycles. The Bertz CT molecular complexity index is 332. The molecular formula is C10H11NO3. The smallest absolute Gasteiger partial charge is 0.325 e. The van der Waals surface area contributed by atoms with Crippen LogP contribution in [0.1, 0.15) is 17.2 Å². The van der Waals surface area contributed by atoms with Gasteiger partial charge in [0.05, 0.1) is 0 Å². The summed E-state index contributed by atoms with van der Waals surface area (Å²) in [7, 11) is 0. The SMILES string of the molecule is NC(C(=O)O)c1ccc(CC=O)cc1. The number of carbonyl (C=O) groups is 2. The van der Waals surface area contributed by atoms with Crippen LogP contribution in [0.5, 0.6) is 0 Å². The lowest BCUT2D eigenvalue weighted by Crippen LogP contribution is -2.20. The zero-order valence-corrected chi connectivity index (χ0v) is 7.51. The second-order valence-corrected chi connectivity index (χ2v) is 2.93. The molecule has 1 unspecified atom stereocenters. The number of hydrogen-bond donors (Lipinski definition) is 2. The van der Waals surface area contributed by atoms with E-state index in [-0.39, 0.29) is 0 Å². The van der Waals surface area contributed by atoms with Gasteiger partial charge in [-0.3, -0.25) is 4.79 Å². The third kappa shape index (κ3) is 2.40. The summed E-state index contributed by atoms with van der Waals surface area (Å²) in [5, 5.41) is 8.63. The van der Waals surface area contributed by atoms with E-state index in [1.165, 1.54) is 0 Å². The lowest BCUT2D eigenvalue weighted by Gasteiger charge is -2.06. The highest BCUT2D eigenvalue weighted by atomic mass is 16.4. The molecule has 1 rings (SSSR count). The van der Waals surface area contributed by atoms with Crippen molar-refractivity contribution >= 4 is 12.3 Å². The molecule has 0 aromatic heterocycles. The first-order valence-electron chi connectivity index (χ1n) is 4.16. The topological polar surface area (TPSA) is 80.4 Å². The van der Waals surface area contributed by atoms with Crippen molar-refractivity contribution in [2.75, 3.05) is 0 Å². The summed E-state index contributed by atoms with van der Waals surface area (Å²) < 4.78 is 0. The highest BCUT2D eigenvalue weighted by molar-refractivity contribution is 5.75. The Morgan fingerprint density at radius 3 is 2.43 bits per heavy atom. The lowest BCUT2D eigenvalue weighted by molar-refractivity contribution is -0.138. The molecule has 1 aromatic carbocycles. The fourth-order valence-corrected chi connectivity index (χ4v) is 1.10. The van der Waals surface area contributed by atoms with Gasteiger partial charge < -0.3 is 15.6 Å². The summed E-state index contributed by atoms with van der Waals surface area (Å²) in [5.74, 6) is -1.06. The monoisotopic (exact) mass is 193 g/mol. The van der Waals surface area contributed by atoms with Crippen molar-refractivity contribution in [1.82, 2.24) is 0 Å². The van der Waals surface area contributed by atoms with E-state index in [4.69, 9.17) is 10.8 Å². The summed E-state index contributed by atoms with van der Waals surface area (Å²) in [6, 6.07) is 5.65. The van der Waals surface area contributed by atoms with E-state index in [2.05, 4.69) is 0 Å². The van der Waals surface area contributed by atoms with Gasteiger partial charge in [-0.2, -0.15) is 0 Å². The molecule has 0 bridgehead atoms. The van der Waals surface area contributed by atoms with E-state index >= 15 is 0 Å². The van der Waals surface area contributed by atoms with Gasteiger partial charge in [-0.25, -0.2) is 0 Å². The first kappa shape index (κ1) is 10.4. The van der Waals surface area contributed by atoms with Crippen LogP contribution in [0.3, 0.4) is 0 Å². The minimum atomic E-state index is -1.06. The molecular weight excluding hydrogens is 182 g/mol. The zero-order chi connectivity index (χ0) is 10.6. The molecule has 0 radical (unpaired) electrons. The number of aldehydes is 1. The van der Waals surface area contributed by atoms with Crippen molar-refractivity contribution in [3.05, 3.63) is 35.4 Å². The van der Waals surface area contributed by atoms with Crippen LogP contribution in [0.25, 0.3) is 0 Å². The second-order valence-electron chi connectivity index (χ2n) is 2.93. The summed E-state index contributed by atoms with van der Waals surface area (Å²) in [5.41, 5.74) is 6.78. The van der Waals surface area contributed by atoms with Gasteiger partial charge in [-0.15, -0.1) is 0 Å². The van der Waals surface area contributed by atoms with E-state index < -0.39 is 12.0 Å². The van der Waals surface area contributed by atoms with Gasteiger partial charge in [0.25, 0.3) is 0 Å². The van der Waals surface area contributed by atoms with Crippen molar-refractivity contribution in [3.8, 4) is 0 Å². The molecule has 74 valence electrons. The molecule has 0 amide bonds. The normalized spacial score (nSPS) is 12.1. The molecule has 0 aliphatic heterocycles. The van der Waals surface area contributed by atoms with Crippen LogP contribution in [-0.4, -0.2) is 17.4 Å². The average Bonchev–Trinajstić information content (AvgIpc) is 2.18. The Hall–Kier alpha value is -1.68. The maximum Gasteiger partial charge on any atom is 0.325 e. The number of carboxylic acid groups (broad SMARTS) is 1. The summed E-state index contributed by atoms with van der Waals surface area (Å²) in [6.45, 7) is 0. The summed E-state index contributed by atoms with van der Waals surface area (Å²) >= 11 is 0. The van der Waals surface area contributed by atoms with Gasteiger partial charge in [0.2, 0.25) is 0 Å². The predicted molar refractivity (Wildman–Crippen MR) is 50.8 cm³/mol. The van der Waals surface area contributed by atoms with Crippen LogP contribution in [0.4, 0.5) is 0 Å². The maximum atomic E-state index is 10.5. The largest absolute Gasteiger partial charge is 0.480 e. The Morgan fingerprint density at radius 1 is 1.43 bits per heavy atom. The van der Waals surface area contributed by atoms with Gasteiger partial charge in [0.15, 0.2) is 0 Å². The first-order valence-corrected chi connectivity index (χ1v) is 4.16. The number of benzene rings is 1. The van der Waals surface area contributed by atoms with Crippen LogP contribution in [0.15, 0.2) is 24.3 Å². The molecule has 4 nitrogen and oxygen atoms in total. The lowest BCUT2D eigenvalue weighted by atomic mass is 10.0. The van der Waals surface area contributed by atoms with Gasteiger partial charge in [-0.05, 0) is 11.1 Å². The standard InChI is InChI=1S/C10H11NO3/c11-9(10(13)14)8-3-1-7(2-4-8)5-6-12/h1-4,6,9H,5,11H2,(H,13,14). The highest BCUT2D eigenvalue weighted by Gasteiger charge is 2.13. The van der Waals surface area contributed by atoms with Crippen molar-refractivity contribution < 1.29 is 14.7 Å². The zero-order valence-electron chi connectivity index (χ0n) is 7.51. The summed E-state index contributed by atoms with van der Waals surface area (Å²) in [4.78, 5) is 20.7. The summed E-state index contributed by atoms with van der Waals surface area (Å²) in [6.07, 6.45) is 1.13. The number of carboxylic acids is 1. The highest BCUT2D eigenvalue weighted by Crippen LogP contribution is 2.11. The van der Waals surface area contributed by atoms with Gasteiger partial charge >= 0.3 is 5.97 Å². The molecule has 4 heteroatoms. The second kappa shape index (κ2) is 4.53. The van der Waals surface area contributed by atoms with Crippen LogP contribution < -0.4 is 5.73 Å². The molecule has 0 aliphatic rings. The molecule has 3 N–H and O–H groups in total. The molecule has 14 heavy (non-hydrogen) atoms. The first-order chi connectivity index (χ1) is 6.65. The van der Waals surface area contributed by atoms with Crippen LogP contribution >= 0.6 is 0 Å². The fourth-order valence-electron chi connectivity index (χ4n) is 1.10. The van der Waals surface area contributed by atoms with E-state index in [1.54, 1.807) is 24.3 Å². The number of hydrogen-bond acceptors (Lipinski definition) is 3. The van der Waals surface area contributed by atoms with Crippen molar-refractivity contribution in [2.45, 2.75) is 12.5 Å². The molecule has 0 saturated carbocycles. The quantitative estimate of drug-likeness (QED) is 0.683. The number of nitrogens with two attached hydrogens (primary N) is 1. The maximum absolute atomic E-state index is 10.5. The minimum Gasteiger partial charge on any atom is -0.480 e. The van der Waals surface area contributed by atoms with Crippen molar-refractivity contribution in [1.29, 1.82) is 0 Å². The predicted octanol–water partition coefficient (Wildman–Crippen LogP) is 0.512. The Balaban J connectivity index is 2.82. The fraction of sp³-hybridized carbons (Fsp3) is 0.200. The Morgan fingerprint density at radius 2 is 2.00 bits per heavy atom. The van der Waals surface area contributed by atoms with Crippen LogP contribution in [0.2, 0.25) is 0 Å². The van der Waals surface area contributed by atoms with Crippen LogP contribution in [0, 0.1) is 0 Å². The van der Waals surface area contributed by atoms with Gasteiger partial charge in [0.1, 0.15) is 12.3 Å². The molecule has 0 spiro atoms. The van der Waals surface area contributed by atoms with Gasteiger partial charge in [0, 0.05) is 6.42 Å². The van der Waals surface area contributed by atoms with E-state index in [0.29, 0.717) is 12.0 Å². The van der Waals surface area contributed by atoms with E-state index in [1.807, 2.05) is 0 Å². The van der Waals surface area contributed by atoms with Gasteiger partial charge in [-0.1, -0.05) is 24.3 Å². The number of aliphatic carboxylic acids is 1. The number of carbonyl (C=O) groups excluding carboxylic acids is 1. The Labute approximate surface area is 81.3 Å². The number of rotatable bonds is 4. The molecule has 1 atom stereocenters. The molecule has 1 aromatic rings. The van der Waals surface area contributed by atoms with E-state index in [9.17, 15) is 9.59 Å². The minimum absolute atomic E-state index is 0.336.